The predicted molar refractivity (Wildman–Crippen MR) is 71.6 cm³/mol. The second kappa shape index (κ2) is 6.31. The molecular weight excluding hydrogens is 246 g/mol. The summed E-state index contributed by atoms with van der Waals surface area (Å²) < 4.78 is 4.71. The molecule has 3 atom stereocenters. The molecule has 1 rings (SSSR count). The van der Waals surface area contributed by atoms with Gasteiger partial charge in [-0.1, -0.05) is 36.8 Å². The summed E-state index contributed by atoms with van der Waals surface area (Å²) in [6.07, 6.45) is 0. The first-order chi connectivity index (χ1) is 8.88. The molecule has 104 valence electrons. The molecule has 0 aliphatic heterocycles. The van der Waals surface area contributed by atoms with Crippen LogP contribution < -0.4 is 0 Å². The van der Waals surface area contributed by atoms with E-state index in [4.69, 9.17) is 4.74 Å². The Morgan fingerprint density at radius 1 is 1.26 bits per heavy atom. The van der Waals surface area contributed by atoms with Gasteiger partial charge in [0.05, 0.1) is 18.9 Å². The summed E-state index contributed by atoms with van der Waals surface area (Å²) in [4.78, 5) is 22.4. The van der Waals surface area contributed by atoms with Gasteiger partial charge in [0.15, 0.2) is 0 Å². The molecule has 5 nitrogen and oxygen atoms in total. The summed E-state index contributed by atoms with van der Waals surface area (Å²) in [6, 6.07) is 6.59. The van der Waals surface area contributed by atoms with E-state index in [-0.39, 0.29) is 4.92 Å². The largest absolute Gasteiger partial charge is 0.469 e. The van der Waals surface area contributed by atoms with Crippen LogP contribution in [-0.2, 0) is 9.53 Å². The number of aryl methyl sites for hydroxylation is 1. The first kappa shape index (κ1) is 15.1. The number of nitrogens with zero attached hydrogens (tertiary/aromatic N) is 1. The number of benzene rings is 1. The standard InChI is InChI=1S/C14H19NO4/c1-9-5-7-12(8-6-9)13(11(3)15(17)18)10(2)14(16)19-4/h5-8,10-11,13H,1-4H3/t10?,11?,13-/m1/s1. The van der Waals surface area contributed by atoms with Gasteiger partial charge in [-0.2, -0.15) is 0 Å². The van der Waals surface area contributed by atoms with Crippen molar-refractivity contribution in [3.8, 4) is 0 Å². The van der Waals surface area contributed by atoms with Crippen LogP contribution in [0.4, 0.5) is 0 Å². The molecule has 1 aromatic rings. The van der Waals surface area contributed by atoms with Gasteiger partial charge in [0.1, 0.15) is 0 Å². The van der Waals surface area contributed by atoms with E-state index in [1.807, 2.05) is 31.2 Å². The van der Waals surface area contributed by atoms with Gasteiger partial charge < -0.3 is 4.74 Å². The first-order valence-electron chi connectivity index (χ1n) is 6.16. The molecule has 2 unspecified atom stereocenters. The minimum absolute atomic E-state index is 0.357. The van der Waals surface area contributed by atoms with Crippen LogP contribution in [0, 0.1) is 23.0 Å². The third-order valence-electron chi connectivity index (χ3n) is 3.43. The summed E-state index contributed by atoms with van der Waals surface area (Å²) in [7, 11) is 1.29. The van der Waals surface area contributed by atoms with Gasteiger partial charge in [0.25, 0.3) is 0 Å². The Balaban J connectivity index is 3.15. The number of methoxy groups -OCH3 is 1. The van der Waals surface area contributed by atoms with Crippen LogP contribution in [0.3, 0.4) is 0 Å². The lowest BCUT2D eigenvalue weighted by Crippen LogP contribution is -2.33. The van der Waals surface area contributed by atoms with Gasteiger partial charge in [-0.25, -0.2) is 0 Å². The Bertz CT molecular complexity index is 455. The van der Waals surface area contributed by atoms with Gasteiger partial charge >= 0.3 is 5.97 Å². The van der Waals surface area contributed by atoms with Crippen molar-refractivity contribution < 1.29 is 14.5 Å². The Morgan fingerprint density at radius 3 is 2.21 bits per heavy atom. The lowest BCUT2D eigenvalue weighted by Gasteiger charge is -2.23. The second-order valence-corrected chi connectivity index (χ2v) is 4.77. The number of hydrogen-bond donors (Lipinski definition) is 0. The maximum Gasteiger partial charge on any atom is 0.309 e. The molecule has 0 saturated carbocycles. The summed E-state index contributed by atoms with van der Waals surface area (Å²) in [5, 5.41) is 11.0. The zero-order chi connectivity index (χ0) is 14.6. The van der Waals surface area contributed by atoms with Crippen molar-refractivity contribution >= 4 is 5.97 Å². The zero-order valence-electron chi connectivity index (χ0n) is 11.6. The smallest absolute Gasteiger partial charge is 0.309 e. The summed E-state index contributed by atoms with van der Waals surface area (Å²) >= 11 is 0. The Labute approximate surface area is 112 Å². The van der Waals surface area contributed by atoms with Gasteiger partial charge in [-0.15, -0.1) is 0 Å². The van der Waals surface area contributed by atoms with E-state index in [0.29, 0.717) is 0 Å². The van der Waals surface area contributed by atoms with E-state index >= 15 is 0 Å². The van der Waals surface area contributed by atoms with Gasteiger partial charge in [0, 0.05) is 11.8 Å². The summed E-state index contributed by atoms with van der Waals surface area (Å²) in [6.45, 7) is 5.12. The van der Waals surface area contributed by atoms with E-state index in [0.717, 1.165) is 11.1 Å². The molecule has 0 spiro atoms. The number of hydrogen-bond acceptors (Lipinski definition) is 4. The Kier molecular flexibility index (Phi) is 5.03. The van der Waals surface area contributed by atoms with Gasteiger partial charge in [-0.05, 0) is 12.5 Å². The van der Waals surface area contributed by atoms with Crippen molar-refractivity contribution in [2.24, 2.45) is 5.92 Å². The molecule has 0 N–H and O–H groups in total. The zero-order valence-corrected chi connectivity index (χ0v) is 11.6. The third-order valence-corrected chi connectivity index (χ3v) is 3.43. The van der Waals surface area contributed by atoms with Crippen LogP contribution in [0.1, 0.15) is 30.9 Å². The molecule has 0 aliphatic carbocycles. The van der Waals surface area contributed by atoms with Crippen LogP contribution in [-0.4, -0.2) is 24.0 Å². The monoisotopic (exact) mass is 265 g/mol. The van der Waals surface area contributed by atoms with Crippen molar-refractivity contribution in [3.63, 3.8) is 0 Å². The highest BCUT2D eigenvalue weighted by atomic mass is 16.6. The Morgan fingerprint density at radius 2 is 1.79 bits per heavy atom. The fourth-order valence-electron chi connectivity index (χ4n) is 2.24. The van der Waals surface area contributed by atoms with E-state index in [9.17, 15) is 14.9 Å². The summed E-state index contributed by atoms with van der Waals surface area (Å²) in [5.41, 5.74) is 1.86. The molecular formula is C14H19NO4. The molecule has 0 fully saturated rings. The van der Waals surface area contributed by atoms with Crippen LogP contribution in [0.25, 0.3) is 0 Å². The highest BCUT2D eigenvalue weighted by molar-refractivity contribution is 5.73. The van der Waals surface area contributed by atoms with Crippen molar-refractivity contribution in [2.75, 3.05) is 7.11 Å². The molecule has 1 aromatic carbocycles. The third kappa shape index (κ3) is 3.53. The number of rotatable bonds is 5. The Hall–Kier alpha value is -1.91. The lowest BCUT2D eigenvalue weighted by atomic mass is 9.82. The van der Waals surface area contributed by atoms with Gasteiger partial charge in [-0.3, -0.25) is 14.9 Å². The number of carbonyl (C=O) groups is 1. The van der Waals surface area contributed by atoms with Crippen LogP contribution in [0.15, 0.2) is 24.3 Å². The lowest BCUT2D eigenvalue weighted by molar-refractivity contribution is -0.523. The van der Waals surface area contributed by atoms with Crippen molar-refractivity contribution in [1.29, 1.82) is 0 Å². The molecule has 0 heterocycles. The molecule has 0 aromatic heterocycles. The van der Waals surface area contributed by atoms with E-state index in [2.05, 4.69) is 0 Å². The van der Waals surface area contributed by atoms with Gasteiger partial charge in [0.2, 0.25) is 6.04 Å². The fourth-order valence-corrected chi connectivity index (χ4v) is 2.24. The van der Waals surface area contributed by atoms with E-state index < -0.39 is 23.8 Å². The maximum absolute atomic E-state index is 11.7. The molecule has 0 bridgehead atoms. The minimum Gasteiger partial charge on any atom is -0.469 e. The highest BCUT2D eigenvalue weighted by Gasteiger charge is 2.37. The minimum atomic E-state index is -0.850. The average molecular weight is 265 g/mol. The number of nitro groups is 1. The van der Waals surface area contributed by atoms with Crippen LogP contribution in [0.2, 0.25) is 0 Å². The normalized spacial score (nSPS) is 15.4. The average Bonchev–Trinajstić information content (AvgIpc) is 2.39. The molecule has 0 amide bonds. The SMILES string of the molecule is COC(=O)C(C)[C@@H](c1ccc(C)cc1)C(C)[N+](=O)[O-]. The maximum atomic E-state index is 11.7. The highest BCUT2D eigenvalue weighted by Crippen LogP contribution is 2.30. The van der Waals surface area contributed by atoms with E-state index in [1.54, 1.807) is 6.92 Å². The van der Waals surface area contributed by atoms with Crippen LogP contribution >= 0.6 is 0 Å². The summed E-state index contributed by atoms with van der Waals surface area (Å²) in [5.74, 6) is -1.49. The molecule has 19 heavy (non-hydrogen) atoms. The second-order valence-electron chi connectivity index (χ2n) is 4.77. The first-order valence-corrected chi connectivity index (χ1v) is 6.16. The fraction of sp³-hybridized carbons (Fsp3) is 0.500. The number of esters is 1. The molecule has 5 heteroatoms. The van der Waals surface area contributed by atoms with E-state index in [1.165, 1.54) is 14.0 Å². The van der Waals surface area contributed by atoms with Crippen molar-refractivity contribution in [3.05, 3.63) is 45.5 Å². The quantitative estimate of drug-likeness (QED) is 0.466. The van der Waals surface area contributed by atoms with Crippen LogP contribution in [0.5, 0.6) is 0 Å². The molecule has 0 saturated heterocycles. The number of ether oxygens (including phenoxy) is 1. The molecule has 0 aliphatic rings. The van der Waals surface area contributed by atoms with Crippen molar-refractivity contribution in [1.82, 2.24) is 0 Å². The topological polar surface area (TPSA) is 69.4 Å². The predicted octanol–water partition coefficient (Wildman–Crippen LogP) is 2.55. The van der Waals surface area contributed by atoms with Crippen molar-refractivity contribution in [2.45, 2.75) is 32.7 Å². The number of carbonyl (C=O) groups excluding carboxylic acids is 1. The molecule has 0 radical (unpaired) electrons.